The first-order valence-corrected chi connectivity index (χ1v) is 11.6. The number of hydrogen-bond acceptors (Lipinski definition) is 7. The van der Waals surface area contributed by atoms with Gasteiger partial charge in [0.1, 0.15) is 16.4 Å². The van der Waals surface area contributed by atoms with Crippen LogP contribution in [0.1, 0.15) is 45.9 Å². The molecule has 0 spiro atoms. The highest BCUT2D eigenvalue weighted by Crippen LogP contribution is 2.33. The van der Waals surface area contributed by atoms with Crippen molar-refractivity contribution in [2.45, 2.75) is 59.3 Å². The summed E-state index contributed by atoms with van der Waals surface area (Å²) < 4.78 is 13.0. The van der Waals surface area contributed by atoms with E-state index in [0.717, 1.165) is 21.8 Å². The van der Waals surface area contributed by atoms with Crippen molar-refractivity contribution in [2.75, 3.05) is 6.54 Å². The molecule has 4 rings (SSSR count). The minimum atomic E-state index is -0.521. The van der Waals surface area contributed by atoms with E-state index in [1.165, 1.54) is 11.3 Å². The molecule has 3 heterocycles. The minimum Gasteiger partial charge on any atom is -0.489 e. The number of halogens is 1. The third kappa shape index (κ3) is 4.88. The predicted octanol–water partition coefficient (Wildman–Crippen LogP) is 5.12. The van der Waals surface area contributed by atoms with Gasteiger partial charge in [-0.2, -0.15) is 5.10 Å². The number of benzene rings is 1. The summed E-state index contributed by atoms with van der Waals surface area (Å²) in [7, 11) is 0. The SMILES string of the molecule is CC(C)Oc1ccc(-c2nnc(-n3ncc4c3CCN(C(=O)OC(C)(C)C)C4)s2)cc1Cl. The topological polar surface area (TPSA) is 82.4 Å². The van der Waals surface area contributed by atoms with Gasteiger partial charge in [-0.25, -0.2) is 9.48 Å². The van der Waals surface area contributed by atoms with E-state index in [4.69, 9.17) is 21.1 Å². The van der Waals surface area contributed by atoms with E-state index in [2.05, 4.69) is 15.3 Å². The number of rotatable bonds is 4. The molecule has 0 saturated heterocycles. The number of nitrogens with zero attached hydrogens (tertiary/aromatic N) is 5. The fourth-order valence-electron chi connectivity index (χ4n) is 3.38. The maximum atomic E-state index is 12.4. The molecule has 0 bridgehead atoms. The lowest BCUT2D eigenvalue weighted by molar-refractivity contribution is 0.0223. The summed E-state index contributed by atoms with van der Waals surface area (Å²) in [5, 5.41) is 15.1. The van der Waals surface area contributed by atoms with Gasteiger partial charge in [0.05, 0.1) is 29.6 Å². The normalized spacial score (nSPS) is 13.9. The average Bonchev–Trinajstić information content (AvgIpc) is 3.34. The lowest BCUT2D eigenvalue weighted by Crippen LogP contribution is -2.40. The number of fused-ring (bicyclic) bond motifs is 1. The number of carbonyl (C=O) groups excluding carboxylic acids is 1. The Morgan fingerprint density at radius 2 is 2.03 bits per heavy atom. The average molecular weight is 476 g/mol. The second-order valence-electron chi connectivity index (χ2n) is 8.88. The number of hydrogen-bond donors (Lipinski definition) is 0. The van der Waals surface area contributed by atoms with Crippen molar-refractivity contribution in [2.24, 2.45) is 0 Å². The molecule has 1 aromatic carbocycles. The second-order valence-corrected chi connectivity index (χ2v) is 10.2. The maximum absolute atomic E-state index is 12.4. The fourth-order valence-corrected chi connectivity index (χ4v) is 4.43. The standard InChI is InChI=1S/C22H26ClN5O3S/c1-13(2)30-18-7-6-14(10-16(18)23)19-25-26-20(32-19)28-17-8-9-27(12-15(17)11-24-28)21(29)31-22(3,4)5/h6-7,10-11,13H,8-9,12H2,1-5H3. The number of amides is 1. The first-order chi connectivity index (χ1) is 15.1. The van der Waals surface area contributed by atoms with Crippen LogP contribution in [0.3, 0.4) is 0 Å². The van der Waals surface area contributed by atoms with Gasteiger partial charge in [-0.3, -0.25) is 0 Å². The molecule has 1 amide bonds. The van der Waals surface area contributed by atoms with Gasteiger partial charge < -0.3 is 14.4 Å². The Bertz CT molecular complexity index is 1140. The Morgan fingerprint density at radius 1 is 1.25 bits per heavy atom. The van der Waals surface area contributed by atoms with Crippen LogP contribution in [0.25, 0.3) is 15.7 Å². The van der Waals surface area contributed by atoms with Crippen molar-refractivity contribution in [3.63, 3.8) is 0 Å². The molecule has 0 saturated carbocycles. The molecule has 0 N–H and O–H groups in total. The molecule has 0 fully saturated rings. The van der Waals surface area contributed by atoms with E-state index in [1.54, 1.807) is 15.8 Å². The molecule has 170 valence electrons. The highest BCUT2D eigenvalue weighted by molar-refractivity contribution is 7.17. The molecule has 32 heavy (non-hydrogen) atoms. The van der Waals surface area contributed by atoms with Gasteiger partial charge in [-0.15, -0.1) is 10.2 Å². The Kier molecular flexibility index (Phi) is 6.13. The molecule has 1 aliphatic rings. The van der Waals surface area contributed by atoms with Gasteiger partial charge >= 0.3 is 6.09 Å². The summed E-state index contributed by atoms with van der Waals surface area (Å²) in [5.41, 5.74) is 2.36. The van der Waals surface area contributed by atoms with Gasteiger partial charge in [0.2, 0.25) is 5.13 Å². The Balaban J connectivity index is 1.52. The molecule has 2 aromatic heterocycles. The van der Waals surface area contributed by atoms with Crippen LogP contribution in [0.5, 0.6) is 5.75 Å². The third-order valence-electron chi connectivity index (χ3n) is 4.72. The molecular formula is C22H26ClN5O3S. The molecule has 1 aliphatic heterocycles. The summed E-state index contributed by atoms with van der Waals surface area (Å²) in [4.78, 5) is 14.1. The molecule has 0 atom stereocenters. The van der Waals surface area contributed by atoms with Gasteiger partial charge in [0, 0.05) is 24.1 Å². The summed E-state index contributed by atoms with van der Waals surface area (Å²) in [6, 6.07) is 5.60. The first kappa shape index (κ1) is 22.5. The number of aromatic nitrogens is 4. The van der Waals surface area contributed by atoms with Crippen LogP contribution >= 0.6 is 22.9 Å². The van der Waals surface area contributed by atoms with E-state index in [1.807, 2.05) is 52.8 Å². The van der Waals surface area contributed by atoms with Crippen molar-refractivity contribution < 1.29 is 14.3 Å². The zero-order chi connectivity index (χ0) is 23.0. The van der Waals surface area contributed by atoms with Gasteiger partial charge in [-0.05, 0) is 52.8 Å². The van der Waals surface area contributed by atoms with Crippen LogP contribution in [0.4, 0.5) is 4.79 Å². The molecule has 0 aliphatic carbocycles. The van der Waals surface area contributed by atoms with E-state index < -0.39 is 5.60 Å². The highest BCUT2D eigenvalue weighted by atomic mass is 35.5. The summed E-state index contributed by atoms with van der Waals surface area (Å²) >= 11 is 7.81. The quantitative estimate of drug-likeness (QED) is 0.520. The number of ether oxygens (including phenoxy) is 2. The van der Waals surface area contributed by atoms with Crippen molar-refractivity contribution >= 4 is 29.0 Å². The smallest absolute Gasteiger partial charge is 0.410 e. The number of carbonyl (C=O) groups is 1. The van der Waals surface area contributed by atoms with Crippen LogP contribution in [-0.2, 0) is 17.7 Å². The van der Waals surface area contributed by atoms with E-state index in [0.29, 0.717) is 35.4 Å². The maximum Gasteiger partial charge on any atom is 0.410 e. The van der Waals surface area contributed by atoms with Crippen molar-refractivity contribution in [3.05, 3.63) is 40.7 Å². The van der Waals surface area contributed by atoms with Crippen LogP contribution in [-0.4, -0.2) is 49.2 Å². The van der Waals surface area contributed by atoms with Crippen molar-refractivity contribution in [1.82, 2.24) is 24.9 Å². The largest absolute Gasteiger partial charge is 0.489 e. The van der Waals surface area contributed by atoms with Gasteiger partial charge in [0.15, 0.2) is 0 Å². The first-order valence-electron chi connectivity index (χ1n) is 10.4. The summed E-state index contributed by atoms with van der Waals surface area (Å²) in [6.45, 7) is 10.5. The van der Waals surface area contributed by atoms with E-state index >= 15 is 0 Å². The molecule has 3 aromatic rings. The third-order valence-corrected chi connectivity index (χ3v) is 5.97. The molecule has 10 heteroatoms. The van der Waals surface area contributed by atoms with E-state index in [-0.39, 0.29) is 12.2 Å². The van der Waals surface area contributed by atoms with Gasteiger partial charge in [-0.1, -0.05) is 22.9 Å². The lowest BCUT2D eigenvalue weighted by atomic mass is 10.1. The lowest BCUT2D eigenvalue weighted by Gasteiger charge is -2.30. The van der Waals surface area contributed by atoms with Crippen LogP contribution in [0.2, 0.25) is 5.02 Å². The zero-order valence-electron chi connectivity index (χ0n) is 18.8. The highest BCUT2D eigenvalue weighted by Gasteiger charge is 2.28. The predicted molar refractivity (Wildman–Crippen MR) is 124 cm³/mol. The van der Waals surface area contributed by atoms with Crippen molar-refractivity contribution in [1.29, 1.82) is 0 Å². The van der Waals surface area contributed by atoms with Gasteiger partial charge in [0.25, 0.3) is 0 Å². The zero-order valence-corrected chi connectivity index (χ0v) is 20.3. The van der Waals surface area contributed by atoms with Crippen molar-refractivity contribution in [3.8, 4) is 21.5 Å². The Morgan fingerprint density at radius 3 is 2.72 bits per heavy atom. The Labute approximate surface area is 196 Å². The molecule has 0 unspecified atom stereocenters. The molecule has 0 radical (unpaired) electrons. The van der Waals surface area contributed by atoms with E-state index in [9.17, 15) is 4.79 Å². The van der Waals surface area contributed by atoms with Crippen LogP contribution in [0.15, 0.2) is 24.4 Å². The van der Waals surface area contributed by atoms with Crippen LogP contribution < -0.4 is 4.74 Å². The monoisotopic (exact) mass is 475 g/mol. The fraction of sp³-hybridized carbons (Fsp3) is 0.455. The second kappa shape index (κ2) is 8.71. The molecule has 8 nitrogen and oxygen atoms in total. The summed E-state index contributed by atoms with van der Waals surface area (Å²) in [5.74, 6) is 0.644. The Hall–Kier alpha value is -2.65. The minimum absolute atomic E-state index is 0.0451. The molecular weight excluding hydrogens is 450 g/mol. The van der Waals surface area contributed by atoms with Crippen LogP contribution in [0, 0.1) is 0 Å². The summed E-state index contributed by atoms with van der Waals surface area (Å²) in [6.07, 6.45) is 2.18.